The molecule has 1 saturated heterocycles. The molecule has 0 atom stereocenters. The lowest BCUT2D eigenvalue weighted by atomic mass is 10.2. The highest BCUT2D eigenvalue weighted by Crippen LogP contribution is 2.13. The highest BCUT2D eigenvalue weighted by molar-refractivity contribution is 6.29. The summed E-state index contributed by atoms with van der Waals surface area (Å²) in [5, 5.41) is 2.12. The lowest BCUT2D eigenvalue weighted by Gasteiger charge is -2.32. The van der Waals surface area contributed by atoms with Crippen LogP contribution < -0.4 is 16.7 Å². The van der Waals surface area contributed by atoms with Gasteiger partial charge in [-0.15, -0.1) is 0 Å². The SMILES string of the molecule is CN1CCN(NC(=O)c2cc(Cl)nc(NN)c2)CC1. The van der Waals surface area contributed by atoms with Crippen LogP contribution in [-0.2, 0) is 0 Å². The summed E-state index contributed by atoms with van der Waals surface area (Å²) in [5.41, 5.74) is 5.65. The molecule has 104 valence electrons. The summed E-state index contributed by atoms with van der Waals surface area (Å²) in [6, 6.07) is 3.06. The molecule has 1 aliphatic rings. The van der Waals surface area contributed by atoms with Gasteiger partial charge in [-0.2, -0.15) is 0 Å². The Morgan fingerprint density at radius 3 is 2.68 bits per heavy atom. The van der Waals surface area contributed by atoms with Gasteiger partial charge in [0.2, 0.25) is 0 Å². The van der Waals surface area contributed by atoms with Crippen molar-refractivity contribution in [3.63, 3.8) is 0 Å². The molecule has 1 amide bonds. The zero-order chi connectivity index (χ0) is 13.8. The maximum absolute atomic E-state index is 12.1. The first-order chi connectivity index (χ1) is 9.08. The van der Waals surface area contributed by atoms with Crippen LogP contribution in [0.15, 0.2) is 12.1 Å². The van der Waals surface area contributed by atoms with Gasteiger partial charge in [0.25, 0.3) is 5.91 Å². The molecule has 0 unspecified atom stereocenters. The van der Waals surface area contributed by atoms with Crippen LogP contribution in [0, 0.1) is 0 Å². The normalized spacial score (nSPS) is 17.2. The van der Waals surface area contributed by atoms with Gasteiger partial charge in [-0.05, 0) is 19.2 Å². The Labute approximate surface area is 116 Å². The highest BCUT2D eigenvalue weighted by Gasteiger charge is 2.17. The molecule has 0 aromatic carbocycles. The largest absolute Gasteiger partial charge is 0.308 e. The quantitative estimate of drug-likeness (QED) is 0.409. The van der Waals surface area contributed by atoms with Crippen molar-refractivity contribution in [2.24, 2.45) is 5.84 Å². The van der Waals surface area contributed by atoms with Crippen molar-refractivity contribution >= 4 is 23.3 Å². The summed E-state index contributed by atoms with van der Waals surface area (Å²) < 4.78 is 0. The first-order valence-electron chi connectivity index (χ1n) is 5.97. The van der Waals surface area contributed by atoms with Gasteiger partial charge in [0.15, 0.2) is 0 Å². The number of likely N-dealkylation sites (N-methyl/N-ethyl adjacent to an activating group) is 1. The lowest BCUT2D eigenvalue weighted by molar-refractivity contribution is 0.0662. The molecule has 1 fully saturated rings. The predicted octanol–water partition coefficient (Wildman–Crippen LogP) is -0.0872. The molecular formula is C11H17ClN6O. The van der Waals surface area contributed by atoms with Crippen molar-refractivity contribution < 1.29 is 4.79 Å². The summed E-state index contributed by atoms with van der Waals surface area (Å²) in [6.07, 6.45) is 0. The maximum atomic E-state index is 12.1. The van der Waals surface area contributed by atoms with Crippen molar-refractivity contribution in [1.82, 2.24) is 20.3 Å². The van der Waals surface area contributed by atoms with E-state index in [0.29, 0.717) is 11.4 Å². The molecule has 0 spiro atoms. The Hall–Kier alpha value is -1.41. The topological polar surface area (TPSA) is 86.5 Å². The van der Waals surface area contributed by atoms with Crippen LogP contribution >= 0.6 is 11.6 Å². The Balaban J connectivity index is 2.01. The fourth-order valence-corrected chi connectivity index (χ4v) is 2.04. The van der Waals surface area contributed by atoms with Crippen molar-refractivity contribution in [2.45, 2.75) is 0 Å². The Morgan fingerprint density at radius 2 is 2.05 bits per heavy atom. The molecule has 0 saturated carbocycles. The number of pyridine rings is 1. The third-order valence-corrected chi connectivity index (χ3v) is 3.16. The third-order valence-electron chi connectivity index (χ3n) is 2.97. The second kappa shape index (κ2) is 6.16. The zero-order valence-corrected chi connectivity index (χ0v) is 11.4. The second-order valence-electron chi connectivity index (χ2n) is 4.44. The van der Waals surface area contributed by atoms with Crippen molar-refractivity contribution in [3.05, 3.63) is 22.8 Å². The number of halogens is 1. The Bertz CT molecular complexity index is 460. The van der Waals surface area contributed by atoms with Crippen molar-refractivity contribution in [3.8, 4) is 0 Å². The van der Waals surface area contributed by atoms with E-state index in [0.717, 1.165) is 26.2 Å². The number of nitrogens with two attached hydrogens (primary N) is 1. The van der Waals surface area contributed by atoms with Gasteiger partial charge in [0.05, 0.1) is 0 Å². The average Bonchev–Trinajstić information content (AvgIpc) is 2.40. The number of nitrogens with one attached hydrogen (secondary N) is 2. The number of hydrazine groups is 2. The smallest absolute Gasteiger partial charge is 0.265 e. The van der Waals surface area contributed by atoms with E-state index in [9.17, 15) is 4.79 Å². The number of anilines is 1. The maximum Gasteiger partial charge on any atom is 0.265 e. The number of hydrogen-bond donors (Lipinski definition) is 3. The Kier molecular flexibility index (Phi) is 4.54. The summed E-state index contributed by atoms with van der Waals surface area (Å²) in [7, 11) is 2.06. The first-order valence-corrected chi connectivity index (χ1v) is 6.35. The highest BCUT2D eigenvalue weighted by atomic mass is 35.5. The van der Waals surface area contributed by atoms with Crippen molar-refractivity contribution in [1.29, 1.82) is 0 Å². The first kappa shape index (κ1) is 14.0. The van der Waals surface area contributed by atoms with Gasteiger partial charge in [-0.25, -0.2) is 15.8 Å². The van der Waals surface area contributed by atoms with E-state index in [4.69, 9.17) is 17.4 Å². The molecule has 1 aromatic rings. The minimum Gasteiger partial charge on any atom is -0.308 e. The lowest BCUT2D eigenvalue weighted by Crippen LogP contribution is -2.52. The van der Waals surface area contributed by atoms with Gasteiger partial charge in [0, 0.05) is 31.7 Å². The third kappa shape index (κ3) is 3.77. The average molecular weight is 285 g/mol. The van der Waals surface area contributed by atoms with E-state index < -0.39 is 0 Å². The van der Waals surface area contributed by atoms with Gasteiger partial charge >= 0.3 is 0 Å². The number of rotatable bonds is 3. The molecule has 0 bridgehead atoms. The van der Waals surface area contributed by atoms with E-state index in [2.05, 4.69) is 27.8 Å². The summed E-state index contributed by atoms with van der Waals surface area (Å²) >= 11 is 5.83. The van der Waals surface area contributed by atoms with Crippen LogP contribution in [0.2, 0.25) is 5.15 Å². The van der Waals surface area contributed by atoms with E-state index in [1.54, 1.807) is 6.07 Å². The number of hydrogen-bond acceptors (Lipinski definition) is 6. The molecule has 7 nitrogen and oxygen atoms in total. The summed E-state index contributed by atoms with van der Waals surface area (Å²) in [5.74, 6) is 5.41. The van der Waals surface area contributed by atoms with Crippen LogP contribution in [0.4, 0.5) is 5.82 Å². The minimum absolute atomic E-state index is 0.217. The Morgan fingerprint density at radius 1 is 1.37 bits per heavy atom. The van der Waals surface area contributed by atoms with Crippen LogP contribution in [0.1, 0.15) is 10.4 Å². The molecule has 0 radical (unpaired) electrons. The number of piperazine rings is 1. The molecule has 1 aliphatic heterocycles. The number of carbonyl (C=O) groups excluding carboxylic acids is 1. The van der Waals surface area contributed by atoms with E-state index in [1.807, 2.05) is 5.01 Å². The molecule has 2 heterocycles. The number of amides is 1. The van der Waals surface area contributed by atoms with Crippen LogP contribution in [0.3, 0.4) is 0 Å². The van der Waals surface area contributed by atoms with E-state index >= 15 is 0 Å². The minimum atomic E-state index is -0.217. The fourth-order valence-electron chi connectivity index (χ4n) is 1.83. The van der Waals surface area contributed by atoms with Gasteiger partial charge in [0.1, 0.15) is 11.0 Å². The number of carbonyl (C=O) groups is 1. The van der Waals surface area contributed by atoms with Gasteiger partial charge in [-0.3, -0.25) is 10.2 Å². The predicted molar refractivity (Wildman–Crippen MR) is 73.6 cm³/mol. The standard InChI is InChI=1S/C11H17ClN6O/c1-17-2-4-18(5-3-17)16-11(19)8-6-9(12)14-10(7-8)15-13/h6-7H,2-5,13H2,1H3,(H,14,15)(H,16,19). The molecule has 4 N–H and O–H groups in total. The van der Waals surface area contributed by atoms with Crippen LogP contribution in [0.25, 0.3) is 0 Å². The summed E-state index contributed by atoms with van der Waals surface area (Å²) in [6.45, 7) is 3.44. The number of nitrogen functional groups attached to an aromatic ring is 1. The van der Waals surface area contributed by atoms with Crippen LogP contribution in [0.5, 0.6) is 0 Å². The molecule has 19 heavy (non-hydrogen) atoms. The summed E-state index contributed by atoms with van der Waals surface area (Å²) in [4.78, 5) is 18.2. The van der Waals surface area contributed by atoms with Gasteiger partial charge < -0.3 is 10.3 Å². The number of aromatic nitrogens is 1. The fraction of sp³-hybridized carbons (Fsp3) is 0.455. The van der Waals surface area contributed by atoms with Crippen molar-refractivity contribution in [2.75, 3.05) is 38.7 Å². The monoisotopic (exact) mass is 284 g/mol. The van der Waals surface area contributed by atoms with E-state index in [1.165, 1.54) is 6.07 Å². The molecule has 2 rings (SSSR count). The molecule has 1 aromatic heterocycles. The molecule has 0 aliphatic carbocycles. The molecule has 8 heteroatoms. The molecular weight excluding hydrogens is 268 g/mol. The number of nitrogens with zero attached hydrogens (tertiary/aromatic N) is 3. The van der Waals surface area contributed by atoms with Crippen LogP contribution in [-0.4, -0.2) is 54.0 Å². The zero-order valence-electron chi connectivity index (χ0n) is 10.7. The van der Waals surface area contributed by atoms with E-state index in [-0.39, 0.29) is 11.1 Å². The van der Waals surface area contributed by atoms with Gasteiger partial charge in [-0.1, -0.05) is 11.6 Å². The second-order valence-corrected chi connectivity index (χ2v) is 4.83.